The average molecular weight is 246 g/mol. The van der Waals surface area contributed by atoms with Gasteiger partial charge >= 0.3 is 0 Å². The van der Waals surface area contributed by atoms with Crippen molar-refractivity contribution in [2.45, 2.75) is 33.8 Å². The highest BCUT2D eigenvalue weighted by Crippen LogP contribution is 2.32. The second-order valence-corrected chi connectivity index (χ2v) is 5.58. The van der Waals surface area contributed by atoms with Crippen LogP contribution in [0.3, 0.4) is 0 Å². The van der Waals surface area contributed by atoms with Gasteiger partial charge in [-0.15, -0.1) is 10.2 Å². The Bertz CT molecular complexity index is 523. The van der Waals surface area contributed by atoms with Crippen LogP contribution in [0.5, 0.6) is 0 Å². The average Bonchev–Trinajstić information content (AvgIpc) is 2.77. The zero-order valence-corrected chi connectivity index (χ0v) is 11.1. The van der Waals surface area contributed by atoms with E-state index < -0.39 is 6.10 Å². The smallest absolute Gasteiger partial charge is 0.247 e. The molecule has 0 amide bonds. The molecular formula is C14H18N2O2. The first-order valence-corrected chi connectivity index (χ1v) is 5.96. The molecule has 0 spiro atoms. The molecule has 0 saturated heterocycles. The van der Waals surface area contributed by atoms with Crippen molar-refractivity contribution in [3.63, 3.8) is 0 Å². The SMILES string of the molecule is Cc1ccc(-c2nnc([C@H](O)C(C)(C)C)o2)cc1. The fourth-order valence-electron chi connectivity index (χ4n) is 1.53. The highest BCUT2D eigenvalue weighted by Gasteiger charge is 2.28. The number of aliphatic hydroxyl groups excluding tert-OH is 1. The quantitative estimate of drug-likeness (QED) is 0.884. The molecule has 0 radical (unpaired) electrons. The Labute approximate surface area is 107 Å². The largest absolute Gasteiger partial charge is 0.418 e. The summed E-state index contributed by atoms with van der Waals surface area (Å²) in [6, 6.07) is 7.82. The Morgan fingerprint density at radius 3 is 2.28 bits per heavy atom. The number of aliphatic hydroxyl groups is 1. The minimum absolute atomic E-state index is 0.262. The molecule has 2 aromatic rings. The van der Waals surface area contributed by atoms with Crippen molar-refractivity contribution in [3.05, 3.63) is 35.7 Å². The highest BCUT2D eigenvalue weighted by atomic mass is 16.4. The minimum Gasteiger partial charge on any atom is -0.418 e. The maximum absolute atomic E-state index is 10.1. The molecule has 0 unspecified atom stereocenters. The van der Waals surface area contributed by atoms with Gasteiger partial charge in [-0.25, -0.2) is 0 Å². The van der Waals surface area contributed by atoms with Crippen LogP contribution in [0.15, 0.2) is 28.7 Å². The van der Waals surface area contributed by atoms with Gasteiger partial charge in [0, 0.05) is 5.56 Å². The highest BCUT2D eigenvalue weighted by molar-refractivity contribution is 5.52. The van der Waals surface area contributed by atoms with Gasteiger partial charge in [-0.1, -0.05) is 38.5 Å². The molecule has 1 aromatic carbocycles. The Balaban J connectivity index is 2.28. The van der Waals surface area contributed by atoms with Crippen molar-refractivity contribution in [1.82, 2.24) is 10.2 Å². The van der Waals surface area contributed by atoms with E-state index in [9.17, 15) is 5.11 Å². The predicted molar refractivity (Wildman–Crippen MR) is 68.9 cm³/mol. The summed E-state index contributed by atoms with van der Waals surface area (Å²) < 4.78 is 5.53. The lowest BCUT2D eigenvalue weighted by Crippen LogP contribution is -2.18. The van der Waals surface area contributed by atoms with Crippen LogP contribution in [0, 0.1) is 12.3 Å². The maximum atomic E-state index is 10.1. The van der Waals surface area contributed by atoms with Gasteiger partial charge in [0.25, 0.3) is 0 Å². The van der Waals surface area contributed by atoms with Gasteiger partial charge in [-0.3, -0.25) is 0 Å². The predicted octanol–water partition coefficient (Wildman–Crippen LogP) is 3.12. The van der Waals surface area contributed by atoms with E-state index in [2.05, 4.69) is 10.2 Å². The number of aryl methyl sites for hydroxylation is 1. The summed E-state index contributed by atoms with van der Waals surface area (Å²) in [7, 11) is 0. The Morgan fingerprint density at radius 2 is 1.72 bits per heavy atom. The van der Waals surface area contributed by atoms with Crippen molar-refractivity contribution in [2.24, 2.45) is 5.41 Å². The van der Waals surface area contributed by atoms with Gasteiger partial charge < -0.3 is 9.52 Å². The molecule has 2 rings (SSSR count). The van der Waals surface area contributed by atoms with E-state index in [0.717, 1.165) is 5.56 Å². The lowest BCUT2D eigenvalue weighted by Gasteiger charge is -2.22. The van der Waals surface area contributed by atoms with E-state index in [1.54, 1.807) is 0 Å². The monoisotopic (exact) mass is 246 g/mol. The lowest BCUT2D eigenvalue weighted by atomic mass is 9.89. The molecule has 1 heterocycles. The van der Waals surface area contributed by atoms with Crippen LogP contribution in [0.2, 0.25) is 0 Å². The third-order valence-electron chi connectivity index (χ3n) is 2.79. The molecule has 4 nitrogen and oxygen atoms in total. The van der Waals surface area contributed by atoms with Crippen LogP contribution < -0.4 is 0 Å². The van der Waals surface area contributed by atoms with E-state index in [1.807, 2.05) is 52.0 Å². The van der Waals surface area contributed by atoms with E-state index >= 15 is 0 Å². The summed E-state index contributed by atoms with van der Waals surface area (Å²) in [6.07, 6.45) is -0.760. The Hall–Kier alpha value is -1.68. The summed E-state index contributed by atoms with van der Waals surface area (Å²) >= 11 is 0. The molecule has 0 fully saturated rings. The summed E-state index contributed by atoms with van der Waals surface area (Å²) in [5.41, 5.74) is 1.71. The maximum Gasteiger partial charge on any atom is 0.247 e. The van der Waals surface area contributed by atoms with Crippen LogP contribution >= 0.6 is 0 Å². The summed E-state index contributed by atoms with van der Waals surface area (Å²) in [5.74, 6) is 0.700. The molecular weight excluding hydrogens is 228 g/mol. The van der Waals surface area contributed by atoms with Crippen LogP contribution in [0.4, 0.5) is 0 Å². The van der Waals surface area contributed by atoms with Crippen LogP contribution in [-0.2, 0) is 0 Å². The van der Waals surface area contributed by atoms with Gasteiger partial charge in [0.15, 0.2) is 0 Å². The molecule has 1 atom stereocenters. The fraction of sp³-hybridized carbons (Fsp3) is 0.429. The second-order valence-electron chi connectivity index (χ2n) is 5.58. The number of hydrogen-bond acceptors (Lipinski definition) is 4. The van der Waals surface area contributed by atoms with Gasteiger partial charge in [0.05, 0.1) is 0 Å². The molecule has 18 heavy (non-hydrogen) atoms. The number of aromatic nitrogens is 2. The Kier molecular flexibility index (Phi) is 3.22. The van der Waals surface area contributed by atoms with Gasteiger partial charge in [0.2, 0.25) is 11.8 Å². The third kappa shape index (κ3) is 2.59. The number of nitrogens with zero attached hydrogens (tertiary/aromatic N) is 2. The zero-order valence-electron chi connectivity index (χ0n) is 11.1. The number of hydrogen-bond donors (Lipinski definition) is 1. The normalized spacial score (nSPS) is 13.6. The van der Waals surface area contributed by atoms with E-state index in [0.29, 0.717) is 5.89 Å². The molecule has 1 N–H and O–H groups in total. The van der Waals surface area contributed by atoms with Gasteiger partial charge in [0.1, 0.15) is 6.10 Å². The van der Waals surface area contributed by atoms with E-state index in [-0.39, 0.29) is 11.3 Å². The minimum atomic E-state index is -0.760. The number of benzene rings is 1. The topological polar surface area (TPSA) is 59.2 Å². The van der Waals surface area contributed by atoms with E-state index in [1.165, 1.54) is 5.56 Å². The first-order chi connectivity index (χ1) is 8.38. The van der Waals surface area contributed by atoms with Crippen molar-refractivity contribution in [1.29, 1.82) is 0 Å². The first kappa shape index (κ1) is 12.8. The lowest BCUT2D eigenvalue weighted by molar-refractivity contribution is 0.0391. The van der Waals surface area contributed by atoms with Gasteiger partial charge in [-0.2, -0.15) is 0 Å². The van der Waals surface area contributed by atoms with Crippen molar-refractivity contribution < 1.29 is 9.52 Å². The molecule has 96 valence electrons. The van der Waals surface area contributed by atoms with Crippen molar-refractivity contribution in [3.8, 4) is 11.5 Å². The molecule has 0 aliphatic heterocycles. The standard InChI is InChI=1S/C14H18N2O2/c1-9-5-7-10(8-6-9)12-15-16-13(18-12)11(17)14(2,3)4/h5-8,11,17H,1-4H3/t11-/m0/s1. The third-order valence-corrected chi connectivity index (χ3v) is 2.79. The molecule has 0 saturated carbocycles. The molecule has 0 aliphatic carbocycles. The second kappa shape index (κ2) is 4.53. The molecule has 0 aliphatic rings. The zero-order chi connectivity index (χ0) is 13.3. The van der Waals surface area contributed by atoms with Crippen LogP contribution in [-0.4, -0.2) is 15.3 Å². The van der Waals surface area contributed by atoms with Gasteiger partial charge in [-0.05, 0) is 24.5 Å². The molecule has 4 heteroatoms. The number of rotatable bonds is 2. The van der Waals surface area contributed by atoms with Crippen molar-refractivity contribution >= 4 is 0 Å². The summed E-state index contributed by atoms with van der Waals surface area (Å²) in [5, 5.41) is 18.0. The van der Waals surface area contributed by atoms with E-state index in [4.69, 9.17) is 4.42 Å². The van der Waals surface area contributed by atoms with Crippen molar-refractivity contribution in [2.75, 3.05) is 0 Å². The fourth-order valence-corrected chi connectivity index (χ4v) is 1.53. The summed E-state index contributed by atoms with van der Waals surface area (Å²) in [4.78, 5) is 0. The summed E-state index contributed by atoms with van der Waals surface area (Å²) in [6.45, 7) is 7.79. The van der Waals surface area contributed by atoms with Crippen LogP contribution in [0.1, 0.15) is 38.3 Å². The first-order valence-electron chi connectivity index (χ1n) is 5.96. The van der Waals surface area contributed by atoms with Crippen LogP contribution in [0.25, 0.3) is 11.5 Å². The molecule has 0 bridgehead atoms. The Morgan fingerprint density at radius 1 is 1.11 bits per heavy atom. The molecule has 1 aromatic heterocycles.